The highest BCUT2D eigenvalue weighted by Gasteiger charge is 2.22. The monoisotopic (exact) mass is 342 g/mol. The summed E-state index contributed by atoms with van der Waals surface area (Å²) in [6.07, 6.45) is 0.361. The molecule has 1 aliphatic heterocycles. The lowest BCUT2D eigenvalue weighted by Crippen LogP contribution is -2.43. The van der Waals surface area contributed by atoms with Gasteiger partial charge in [-0.2, -0.15) is 0 Å². The van der Waals surface area contributed by atoms with Crippen LogP contribution in [0, 0.1) is 0 Å². The Balaban J connectivity index is 1.74. The molecule has 1 saturated heterocycles. The van der Waals surface area contributed by atoms with E-state index in [1.807, 2.05) is 23.1 Å². The van der Waals surface area contributed by atoms with Crippen LogP contribution < -0.4 is 5.32 Å². The van der Waals surface area contributed by atoms with E-state index in [1.165, 1.54) is 10.8 Å². The molecule has 1 unspecified atom stereocenters. The maximum Gasteiger partial charge on any atom is 0.225 e. The molecule has 1 heterocycles. The number of hydrogen-bond acceptors (Lipinski definition) is 4. The van der Waals surface area contributed by atoms with Crippen LogP contribution in [0.4, 0.5) is 0 Å². The van der Waals surface area contributed by atoms with Crippen molar-refractivity contribution in [2.75, 3.05) is 40.0 Å². The van der Waals surface area contributed by atoms with Crippen molar-refractivity contribution < 1.29 is 14.3 Å². The fourth-order valence-electron chi connectivity index (χ4n) is 3.20. The lowest BCUT2D eigenvalue weighted by molar-refractivity contribution is -0.136. The second-order valence-electron chi connectivity index (χ2n) is 6.35. The second kappa shape index (κ2) is 8.94. The fourth-order valence-corrected chi connectivity index (χ4v) is 3.20. The van der Waals surface area contributed by atoms with Gasteiger partial charge in [0.25, 0.3) is 0 Å². The Bertz CT molecular complexity index is 693. The molecule has 0 spiro atoms. The summed E-state index contributed by atoms with van der Waals surface area (Å²) in [5, 5.41) is 5.66. The van der Waals surface area contributed by atoms with Crippen molar-refractivity contribution in [3.8, 4) is 0 Å². The van der Waals surface area contributed by atoms with Crippen molar-refractivity contribution in [2.24, 2.45) is 0 Å². The number of rotatable bonds is 7. The van der Waals surface area contributed by atoms with Crippen molar-refractivity contribution in [2.45, 2.75) is 19.1 Å². The van der Waals surface area contributed by atoms with Crippen LogP contribution >= 0.6 is 0 Å². The van der Waals surface area contributed by atoms with E-state index in [2.05, 4.69) is 29.6 Å². The quantitative estimate of drug-likeness (QED) is 0.838. The zero-order valence-electron chi connectivity index (χ0n) is 14.7. The molecule has 3 rings (SSSR count). The molecule has 1 aliphatic rings. The minimum Gasteiger partial charge on any atom is -0.383 e. The van der Waals surface area contributed by atoms with E-state index >= 15 is 0 Å². The van der Waals surface area contributed by atoms with Crippen LogP contribution in [0.3, 0.4) is 0 Å². The number of nitrogens with one attached hydrogen (secondary N) is 1. The van der Waals surface area contributed by atoms with E-state index in [0.29, 0.717) is 32.7 Å². The number of amides is 1. The number of nitrogens with zero attached hydrogens (tertiary/aromatic N) is 1. The number of methoxy groups -OCH3 is 1. The number of benzene rings is 2. The summed E-state index contributed by atoms with van der Waals surface area (Å²) in [5.41, 5.74) is 1.16. The Morgan fingerprint density at radius 2 is 2.12 bits per heavy atom. The molecule has 1 fully saturated rings. The molecule has 25 heavy (non-hydrogen) atoms. The first-order chi connectivity index (χ1) is 12.3. The Hall–Kier alpha value is -1.95. The average Bonchev–Trinajstić information content (AvgIpc) is 2.66. The van der Waals surface area contributed by atoms with Crippen LogP contribution in [0.25, 0.3) is 10.8 Å². The van der Waals surface area contributed by atoms with E-state index in [1.54, 1.807) is 7.11 Å². The van der Waals surface area contributed by atoms with Crippen LogP contribution in [0.15, 0.2) is 42.5 Å². The average molecular weight is 342 g/mol. The number of morpholine rings is 1. The highest BCUT2D eigenvalue weighted by atomic mass is 16.5. The summed E-state index contributed by atoms with van der Waals surface area (Å²) in [6.45, 7) is 3.95. The third-order valence-electron chi connectivity index (χ3n) is 4.57. The normalized spacial score (nSPS) is 17.6. The summed E-state index contributed by atoms with van der Waals surface area (Å²) in [6, 6.07) is 14.5. The number of fused-ring (bicyclic) bond motifs is 1. The van der Waals surface area contributed by atoms with E-state index in [9.17, 15) is 4.79 Å². The number of ether oxygens (including phenoxy) is 2. The smallest absolute Gasteiger partial charge is 0.225 e. The van der Waals surface area contributed by atoms with Gasteiger partial charge in [0.1, 0.15) is 0 Å². The minimum absolute atomic E-state index is 0.0428. The van der Waals surface area contributed by atoms with Gasteiger partial charge in [-0.25, -0.2) is 0 Å². The summed E-state index contributed by atoms with van der Waals surface area (Å²) in [5.74, 6) is 0.110. The highest BCUT2D eigenvalue weighted by Crippen LogP contribution is 2.20. The first-order valence-corrected chi connectivity index (χ1v) is 8.83. The molecule has 0 aliphatic carbocycles. The number of carbonyl (C=O) groups excluding carboxylic acids is 1. The van der Waals surface area contributed by atoms with Crippen molar-refractivity contribution in [3.05, 3.63) is 48.0 Å². The largest absolute Gasteiger partial charge is 0.383 e. The van der Waals surface area contributed by atoms with Gasteiger partial charge in [-0.05, 0) is 16.3 Å². The lowest BCUT2D eigenvalue weighted by atomic mass is 10.0. The highest BCUT2D eigenvalue weighted by molar-refractivity contribution is 5.86. The summed E-state index contributed by atoms with van der Waals surface area (Å²) in [4.78, 5) is 14.7. The van der Waals surface area contributed by atoms with Gasteiger partial charge >= 0.3 is 0 Å². The second-order valence-corrected chi connectivity index (χ2v) is 6.35. The van der Waals surface area contributed by atoms with Crippen LogP contribution in [0.5, 0.6) is 0 Å². The molecule has 1 N–H and O–H groups in total. The van der Waals surface area contributed by atoms with Gasteiger partial charge < -0.3 is 19.7 Å². The Kier molecular flexibility index (Phi) is 6.39. The number of hydrogen-bond donors (Lipinski definition) is 1. The van der Waals surface area contributed by atoms with Gasteiger partial charge in [0, 0.05) is 33.3 Å². The molecule has 5 heteroatoms. The molecule has 0 radical (unpaired) electrons. The number of carbonyl (C=O) groups is 1. The topological polar surface area (TPSA) is 50.8 Å². The van der Waals surface area contributed by atoms with Gasteiger partial charge in [-0.3, -0.25) is 4.79 Å². The third kappa shape index (κ3) is 4.78. The van der Waals surface area contributed by atoms with Gasteiger partial charge in [-0.15, -0.1) is 0 Å². The Morgan fingerprint density at radius 1 is 1.28 bits per heavy atom. The molecule has 1 amide bonds. The summed E-state index contributed by atoms with van der Waals surface area (Å²) in [7, 11) is 1.66. The first-order valence-electron chi connectivity index (χ1n) is 8.83. The summed E-state index contributed by atoms with van der Waals surface area (Å²) < 4.78 is 10.9. The maximum atomic E-state index is 12.8. The predicted octanol–water partition coefficient (Wildman–Crippen LogP) is 2.19. The molecule has 5 nitrogen and oxygen atoms in total. The van der Waals surface area contributed by atoms with Crippen LogP contribution in [0.2, 0.25) is 0 Å². The Labute approximate surface area is 148 Å². The lowest BCUT2D eigenvalue weighted by Gasteiger charge is -2.28. The fraction of sp³-hybridized carbons (Fsp3) is 0.450. The van der Waals surface area contributed by atoms with Crippen LogP contribution in [-0.2, 0) is 20.8 Å². The van der Waals surface area contributed by atoms with Crippen LogP contribution in [-0.4, -0.2) is 56.9 Å². The molecule has 2 aromatic carbocycles. The van der Waals surface area contributed by atoms with Gasteiger partial charge in [0.2, 0.25) is 5.91 Å². The molecular weight excluding hydrogens is 316 g/mol. The van der Waals surface area contributed by atoms with E-state index in [-0.39, 0.29) is 12.0 Å². The van der Waals surface area contributed by atoms with Crippen molar-refractivity contribution >= 4 is 16.7 Å². The van der Waals surface area contributed by atoms with Crippen molar-refractivity contribution in [1.82, 2.24) is 10.2 Å². The van der Waals surface area contributed by atoms with Gasteiger partial charge in [0.15, 0.2) is 0 Å². The van der Waals surface area contributed by atoms with Gasteiger partial charge in [-0.1, -0.05) is 42.5 Å². The zero-order valence-corrected chi connectivity index (χ0v) is 14.7. The van der Waals surface area contributed by atoms with E-state index in [4.69, 9.17) is 9.47 Å². The predicted molar refractivity (Wildman–Crippen MR) is 98.5 cm³/mol. The van der Waals surface area contributed by atoms with Crippen molar-refractivity contribution in [3.63, 3.8) is 0 Å². The molecule has 134 valence electrons. The first kappa shape index (κ1) is 17.9. The van der Waals surface area contributed by atoms with E-state index in [0.717, 1.165) is 18.7 Å². The molecular formula is C20H26N2O3. The SMILES string of the molecule is COCCN(Cc1cccc2ccccc12)C(=O)CC1CNCCO1. The van der Waals surface area contributed by atoms with Crippen molar-refractivity contribution in [1.29, 1.82) is 0 Å². The summed E-state index contributed by atoms with van der Waals surface area (Å²) >= 11 is 0. The van der Waals surface area contributed by atoms with Gasteiger partial charge in [0.05, 0.1) is 25.7 Å². The standard InChI is InChI=1S/C20H26N2O3/c1-24-12-10-22(20(23)13-18-14-21-9-11-25-18)15-17-7-4-6-16-5-2-3-8-19(16)17/h2-8,18,21H,9-15H2,1H3. The molecule has 0 bridgehead atoms. The minimum atomic E-state index is -0.0428. The molecule has 0 aromatic heterocycles. The maximum absolute atomic E-state index is 12.8. The molecule has 0 saturated carbocycles. The van der Waals surface area contributed by atoms with Crippen LogP contribution in [0.1, 0.15) is 12.0 Å². The van der Waals surface area contributed by atoms with E-state index < -0.39 is 0 Å². The zero-order chi connectivity index (χ0) is 17.5. The Morgan fingerprint density at radius 3 is 2.92 bits per heavy atom. The molecule has 1 atom stereocenters. The third-order valence-corrected chi connectivity index (χ3v) is 4.57. The molecule has 2 aromatic rings.